The molecule has 4 rings (SSSR count). The van der Waals surface area contributed by atoms with Crippen LogP contribution in [0.5, 0.6) is 0 Å². The average Bonchev–Trinajstić information content (AvgIpc) is 3.36. The number of aromatic nitrogens is 4. The SMILES string of the molecule is C[C@H](NC(=O)N(Cc1ccc([C@@H](O)Cc2nn[nH]n2)cc1)C1CC=CCC1)c1ccc(Cl)cc1. The van der Waals surface area contributed by atoms with Crippen molar-refractivity contribution in [2.24, 2.45) is 0 Å². The van der Waals surface area contributed by atoms with Crippen molar-refractivity contribution in [1.29, 1.82) is 0 Å². The molecule has 8 nitrogen and oxygen atoms in total. The van der Waals surface area contributed by atoms with Gasteiger partial charge in [0.05, 0.1) is 12.1 Å². The number of rotatable bonds is 8. The normalized spacial score (nSPS) is 17.2. The first-order valence-electron chi connectivity index (χ1n) is 11.5. The van der Waals surface area contributed by atoms with Crippen LogP contribution in [0, 0.1) is 0 Å². The summed E-state index contributed by atoms with van der Waals surface area (Å²) in [6.45, 7) is 2.46. The number of hydrogen-bond acceptors (Lipinski definition) is 5. The van der Waals surface area contributed by atoms with E-state index in [1.54, 1.807) is 0 Å². The number of hydrogen-bond donors (Lipinski definition) is 3. The molecular formula is C25H29ClN6O2. The van der Waals surface area contributed by atoms with Gasteiger partial charge in [-0.05, 0) is 55.0 Å². The van der Waals surface area contributed by atoms with Crippen molar-refractivity contribution >= 4 is 17.6 Å². The van der Waals surface area contributed by atoms with Gasteiger partial charge in [-0.15, -0.1) is 10.2 Å². The van der Waals surface area contributed by atoms with Gasteiger partial charge >= 0.3 is 6.03 Å². The number of urea groups is 1. The molecule has 3 atom stereocenters. The van der Waals surface area contributed by atoms with Gasteiger partial charge in [0.2, 0.25) is 0 Å². The van der Waals surface area contributed by atoms with Gasteiger partial charge in [-0.2, -0.15) is 5.21 Å². The minimum atomic E-state index is -0.727. The van der Waals surface area contributed by atoms with E-state index < -0.39 is 6.10 Å². The lowest BCUT2D eigenvalue weighted by atomic mass is 9.99. The lowest BCUT2D eigenvalue weighted by Crippen LogP contribution is -2.46. The maximum absolute atomic E-state index is 13.4. The molecule has 1 heterocycles. The van der Waals surface area contributed by atoms with Gasteiger partial charge in [0, 0.05) is 24.0 Å². The third kappa shape index (κ3) is 6.21. The third-order valence-electron chi connectivity index (χ3n) is 6.14. The molecule has 0 spiro atoms. The van der Waals surface area contributed by atoms with E-state index >= 15 is 0 Å². The van der Waals surface area contributed by atoms with E-state index in [0.717, 1.165) is 36.0 Å². The van der Waals surface area contributed by atoms with E-state index in [0.29, 0.717) is 17.4 Å². The van der Waals surface area contributed by atoms with Gasteiger partial charge in [0.25, 0.3) is 0 Å². The second-order valence-corrected chi connectivity index (χ2v) is 9.01. The zero-order valence-corrected chi connectivity index (χ0v) is 19.8. The number of H-pyrrole nitrogens is 1. The number of nitrogens with one attached hydrogen (secondary N) is 2. The molecule has 1 aliphatic carbocycles. The summed E-state index contributed by atoms with van der Waals surface area (Å²) in [4.78, 5) is 15.3. The van der Waals surface area contributed by atoms with Crippen LogP contribution in [-0.4, -0.2) is 42.7 Å². The van der Waals surface area contributed by atoms with E-state index in [4.69, 9.17) is 11.6 Å². The summed E-state index contributed by atoms with van der Waals surface area (Å²) >= 11 is 6.00. The number of aromatic amines is 1. The molecular weight excluding hydrogens is 452 g/mol. The van der Waals surface area contributed by atoms with Crippen LogP contribution in [-0.2, 0) is 13.0 Å². The minimum absolute atomic E-state index is 0.0935. The van der Waals surface area contributed by atoms with Crippen LogP contribution in [0.4, 0.5) is 4.79 Å². The molecule has 1 aliphatic rings. The van der Waals surface area contributed by atoms with Gasteiger partial charge < -0.3 is 15.3 Å². The summed E-state index contributed by atoms with van der Waals surface area (Å²) in [6.07, 6.45) is 6.60. The average molecular weight is 481 g/mol. The van der Waals surface area contributed by atoms with E-state index in [1.807, 2.05) is 60.4 Å². The Hall–Kier alpha value is -3.23. The van der Waals surface area contributed by atoms with Crippen LogP contribution in [0.15, 0.2) is 60.7 Å². The lowest BCUT2D eigenvalue weighted by Gasteiger charge is -2.34. The Morgan fingerprint density at radius 2 is 1.91 bits per heavy atom. The van der Waals surface area contributed by atoms with E-state index in [9.17, 15) is 9.90 Å². The summed E-state index contributed by atoms with van der Waals surface area (Å²) in [5, 5.41) is 28.0. The number of carbonyl (C=O) groups excluding carboxylic acids is 1. The first-order chi connectivity index (χ1) is 16.5. The Kier molecular flexibility index (Phi) is 7.92. The quantitative estimate of drug-likeness (QED) is 0.411. The molecule has 2 amide bonds. The van der Waals surface area contributed by atoms with Crippen LogP contribution in [0.1, 0.15) is 60.8 Å². The minimum Gasteiger partial charge on any atom is -0.388 e. The van der Waals surface area contributed by atoms with Crippen molar-refractivity contribution in [3.63, 3.8) is 0 Å². The monoisotopic (exact) mass is 480 g/mol. The van der Waals surface area contributed by atoms with Crippen LogP contribution in [0.25, 0.3) is 0 Å². The highest BCUT2D eigenvalue weighted by molar-refractivity contribution is 6.30. The number of allylic oxidation sites excluding steroid dienone is 1. The molecule has 0 saturated heterocycles. The lowest BCUT2D eigenvalue weighted by molar-refractivity contribution is 0.162. The Morgan fingerprint density at radius 3 is 2.56 bits per heavy atom. The van der Waals surface area contributed by atoms with Crippen molar-refractivity contribution in [3.05, 3.63) is 88.2 Å². The standard InChI is InChI=1S/C25H29ClN6O2/c1-17(19-11-13-21(26)14-12-19)27-25(34)32(22-5-3-2-4-6-22)16-18-7-9-20(10-8-18)23(33)15-24-28-30-31-29-24/h2-3,7-14,17,22-23,33H,4-6,15-16H2,1H3,(H,27,34)(H,28,29,30,31)/t17-,22?,23-/m0/s1. The topological polar surface area (TPSA) is 107 Å². The zero-order chi connectivity index (χ0) is 23.9. The maximum atomic E-state index is 13.4. The molecule has 0 bridgehead atoms. The summed E-state index contributed by atoms with van der Waals surface area (Å²) in [7, 11) is 0. The third-order valence-corrected chi connectivity index (χ3v) is 6.39. The Morgan fingerprint density at radius 1 is 1.18 bits per heavy atom. The van der Waals surface area contributed by atoms with Crippen LogP contribution in [0.3, 0.4) is 0 Å². The van der Waals surface area contributed by atoms with Gasteiger partial charge in [0.15, 0.2) is 5.82 Å². The van der Waals surface area contributed by atoms with E-state index in [-0.39, 0.29) is 24.5 Å². The molecule has 0 fully saturated rings. The molecule has 178 valence electrons. The molecule has 1 aromatic heterocycles. The highest BCUT2D eigenvalue weighted by atomic mass is 35.5. The van der Waals surface area contributed by atoms with Crippen LogP contribution < -0.4 is 5.32 Å². The second kappa shape index (κ2) is 11.3. The fourth-order valence-corrected chi connectivity index (χ4v) is 4.26. The second-order valence-electron chi connectivity index (χ2n) is 8.58. The highest BCUT2D eigenvalue weighted by Crippen LogP contribution is 2.23. The first-order valence-corrected chi connectivity index (χ1v) is 11.8. The maximum Gasteiger partial charge on any atom is 0.318 e. The predicted octanol–water partition coefficient (Wildman–Crippen LogP) is 4.51. The van der Waals surface area contributed by atoms with Crippen molar-refractivity contribution in [3.8, 4) is 0 Å². The number of tetrazole rings is 1. The Bertz CT molecular complexity index is 1090. The number of nitrogens with zero attached hydrogens (tertiary/aromatic N) is 4. The van der Waals surface area contributed by atoms with E-state index in [2.05, 4.69) is 38.1 Å². The smallest absolute Gasteiger partial charge is 0.318 e. The van der Waals surface area contributed by atoms with Gasteiger partial charge in [0.1, 0.15) is 0 Å². The molecule has 0 saturated carbocycles. The van der Waals surface area contributed by atoms with Crippen molar-refractivity contribution < 1.29 is 9.90 Å². The van der Waals surface area contributed by atoms with Crippen molar-refractivity contribution in [1.82, 2.24) is 30.8 Å². The molecule has 0 radical (unpaired) electrons. The molecule has 0 aliphatic heterocycles. The fourth-order valence-electron chi connectivity index (χ4n) is 4.13. The van der Waals surface area contributed by atoms with Gasteiger partial charge in [-0.25, -0.2) is 4.79 Å². The van der Waals surface area contributed by atoms with Crippen LogP contribution >= 0.6 is 11.6 Å². The van der Waals surface area contributed by atoms with Gasteiger partial charge in [-0.3, -0.25) is 0 Å². The molecule has 34 heavy (non-hydrogen) atoms. The highest BCUT2D eigenvalue weighted by Gasteiger charge is 2.25. The number of aliphatic hydroxyl groups is 1. The first kappa shape index (κ1) is 23.9. The Labute approximate surface area is 204 Å². The van der Waals surface area contributed by atoms with Crippen LogP contribution in [0.2, 0.25) is 5.02 Å². The summed E-state index contributed by atoms with van der Waals surface area (Å²) < 4.78 is 0. The number of aliphatic hydroxyl groups excluding tert-OH is 1. The predicted molar refractivity (Wildman–Crippen MR) is 130 cm³/mol. The number of carbonyl (C=O) groups is 1. The summed E-state index contributed by atoms with van der Waals surface area (Å²) in [5.74, 6) is 0.458. The van der Waals surface area contributed by atoms with Crippen molar-refractivity contribution in [2.75, 3.05) is 0 Å². The largest absolute Gasteiger partial charge is 0.388 e. The summed E-state index contributed by atoms with van der Waals surface area (Å²) in [6, 6.07) is 15.1. The molecule has 3 aromatic rings. The Balaban J connectivity index is 1.44. The molecule has 1 unspecified atom stereocenters. The summed E-state index contributed by atoms with van der Waals surface area (Å²) in [5.41, 5.74) is 2.77. The number of halogens is 1. The molecule has 9 heteroatoms. The number of amides is 2. The zero-order valence-electron chi connectivity index (χ0n) is 19.1. The molecule has 2 aromatic carbocycles. The van der Waals surface area contributed by atoms with Gasteiger partial charge in [-0.1, -0.05) is 65.4 Å². The fraction of sp³-hybridized carbons (Fsp3) is 0.360. The van der Waals surface area contributed by atoms with E-state index in [1.165, 1.54) is 0 Å². The molecule has 3 N–H and O–H groups in total. The van der Waals surface area contributed by atoms with Crippen molar-refractivity contribution in [2.45, 2.75) is 57.3 Å². The number of benzene rings is 2.